The van der Waals surface area contributed by atoms with Gasteiger partial charge in [-0.1, -0.05) is 133 Å². The summed E-state index contributed by atoms with van der Waals surface area (Å²) in [5.74, 6) is 0. The van der Waals surface area contributed by atoms with E-state index in [1.165, 1.54) is 33.4 Å². The van der Waals surface area contributed by atoms with Gasteiger partial charge < -0.3 is 9.32 Å². The predicted octanol–water partition coefficient (Wildman–Crippen LogP) is 12.1. The number of fused-ring (bicyclic) bond motifs is 3. The zero-order valence-corrected chi connectivity index (χ0v) is 24.1. The van der Waals surface area contributed by atoms with E-state index in [1.807, 2.05) is 12.1 Å². The molecule has 7 aromatic carbocycles. The topological polar surface area (TPSA) is 16.4 Å². The van der Waals surface area contributed by atoms with Gasteiger partial charge in [-0.25, -0.2) is 0 Å². The molecule has 0 aliphatic heterocycles. The average molecular weight is 564 g/mol. The molecule has 44 heavy (non-hydrogen) atoms. The number of rotatable bonds is 6. The van der Waals surface area contributed by atoms with E-state index in [0.29, 0.717) is 0 Å². The van der Waals surface area contributed by atoms with Crippen LogP contribution in [0, 0.1) is 0 Å². The smallest absolute Gasteiger partial charge is 0.137 e. The highest BCUT2D eigenvalue weighted by atomic mass is 16.3. The molecular formula is C42H29NO. The average Bonchev–Trinajstić information content (AvgIpc) is 3.48. The number of hydrogen-bond donors (Lipinski definition) is 0. The van der Waals surface area contributed by atoms with Crippen molar-refractivity contribution in [1.29, 1.82) is 0 Å². The molecule has 8 rings (SSSR count). The van der Waals surface area contributed by atoms with Gasteiger partial charge in [0, 0.05) is 33.8 Å². The molecule has 1 aromatic heterocycles. The van der Waals surface area contributed by atoms with Gasteiger partial charge in [0.1, 0.15) is 11.2 Å². The van der Waals surface area contributed by atoms with Crippen molar-refractivity contribution in [3.63, 3.8) is 0 Å². The summed E-state index contributed by atoms with van der Waals surface area (Å²) in [6.07, 6.45) is 0. The molecule has 0 saturated carbocycles. The van der Waals surface area contributed by atoms with Gasteiger partial charge in [-0.2, -0.15) is 0 Å². The summed E-state index contributed by atoms with van der Waals surface area (Å²) in [7, 11) is 0. The van der Waals surface area contributed by atoms with Crippen LogP contribution in [0.1, 0.15) is 0 Å². The van der Waals surface area contributed by atoms with Crippen LogP contribution in [-0.2, 0) is 0 Å². The molecular weight excluding hydrogens is 534 g/mol. The minimum Gasteiger partial charge on any atom is -0.456 e. The Morgan fingerprint density at radius 2 is 0.841 bits per heavy atom. The Balaban J connectivity index is 1.23. The second kappa shape index (κ2) is 11.1. The van der Waals surface area contributed by atoms with Gasteiger partial charge >= 0.3 is 0 Å². The summed E-state index contributed by atoms with van der Waals surface area (Å²) in [4.78, 5) is 2.33. The normalized spacial score (nSPS) is 11.2. The first kappa shape index (κ1) is 25.8. The predicted molar refractivity (Wildman–Crippen MR) is 185 cm³/mol. The molecule has 1 heterocycles. The van der Waals surface area contributed by atoms with Gasteiger partial charge in [-0.3, -0.25) is 0 Å². The standard InChI is InChI=1S/C42H29NO/c1-3-11-30(12-4-1)31-19-21-32(22-20-31)33-23-25-35(26-24-33)43(40-17-9-7-15-37(40)34-13-5-2-6-14-34)36-27-28-39-38-16-8-10-18-41(38)44-42(39)29-36/h1-29H. The van der Waals surface area contributed by atoms with Crippen molar-refractivity contribution < 1.29 is 4.42 Å². The fourth-order valence-electron chi connectivity index (χ4n) is 6.10. The number of benzene rings is 7. The minimum atomic E-state index is 0.876. The molecule has 0 bridgehead atoms. The molecule has 0 aliphatic carbocycles. The Morgan fingerprint density at radius 3 is 1.55 bits per heavy atom. The fourth-order valence-corrected chi connectivity index (χ4v) is 6.10. The van der Waals surface area contributed by atoms with Gasteiger partial charge in [-0.05, 0) is 64.2 Å². The first-order valence-electron chi connectivity index (χ1n) is 14.9. The van der Waals surface area contributed by atoms with Gasteiger partial charge in [0.15, 0.2) is 0 Å². The van der Waals surface area contributed by atoms with Crippen LogP contribution in [0.25, 0.3) is 55.3 Å². The third-order valence-corrected chi connectivity index (χ3v) is 8.30. The van der Waals surface area contributed by atoms with Crippen molar-refractivity contribution >= 4 is 39.0 Å². The summed E-state index contributed by atoms with van der Waals surface area (Å²) in [5.41, 5.74) is 12.2. The van der Waals surface area contributed by atoms with Crippen LogP contribution in [0.5, 0.6) is 0 Å². The third-order valence-electron chi connectivity index (χ3n) is 8.30. The van der Waals surface area contributed by atoms with Crippen LogP contribution < -0.4 is 4.90 Å². The Bertz CT molecular complexity index is 2200. The van der Waals surface area contributed by atoms with E-state index in [1.54, 1.807) is 0 Å². The van der Waals surface area contributed by atoms with Crippen molar-refractivity contribution in [1.82, 2.24) is 0 Å². The van der Waals surface area contributed by atoms with E-state index < -0.39 is 0 Å². The summed E-state index contributed by atoms with van der Waals surface area (Å²) in [5, 5.41) is 2.25. The molecule has 2 nitrogen and oxygen atoms in total. The van der Waals surface area contributed by atoms with E-state index >= 15 is 0 Å². The molecule has 0 fully saturated rings. The number of anilines is 3. The molecule has 0 saturated heterocycles. The third kappa shape index (κ3) is 4.73. The summed E-state index contributed by atoms with van der Waals surface area (Å²) >= 11 is 0. The maximum absolute atomic E-state index is 6.32. The van der Waals surface area contributed by atoms with Gasteiger partial charge in [0.05, 0.1) is 5.69 Å². The van der Waals surface area contributed by atoms with Crippen LogP contribution in [0.3, 0.4) is 0 Å². The van der Waals surface area contributed by atoms with Crippen molar-refractivity contribution in [3.8, 4) is 33.4 Å². The van der Waals surface area contributed by atoms with E-state index in [2.05, 4.69) is 169 Å². The summed E-state index contributed by atoms with van der Waals surface area (Å²) in [6, 6.07) is 62.1. The first-order valence-corrected chi connectivity index (χ1v) is 14.9. The highest BCUT2D eigenvalue weighted by Crippen LogP contribution is 2.43. The molecule has 0 radical (unpaired) electrons. The maximum atomic E-state index is 6.32. The molecule has 2 heteroatoms. The van der Waals surface area contributed by atoms with Crippen LogP contribution in [0.2, 0.25) is 0 Å². The molecule has 208 valence electrons. The number of hydrogen-bond acceptors (Lipinski definition) is 2. The van der Waals surface area contributed by atoms with Gasteiger partial charge in [0.25, 0.3) is 0 Å². The van der Waals surface area contributed by atoms with Crippen molar-refractivity contribution in [2.75, 3.05) is 4.90 Å². The lowest BCUT2D eigenvalue weighted by Gasteiger charge is -2.28. The van der Waals surface area contributed by atoms with E-state index in [4.69, 9.17) is 4.42 Å². The Labute approximate surface area is 257 Å². The van der Waals surface area contributed by atoms with Crippen molar-refractivity contribution in [3.05, 3.63) is 176 Å². The molecule has 0 unspecified atom stereocenters. The van der Waals surface area contributed by atoms with Crippen molar-refractivity contribution in [2.45, 2.75) is 0 Å². The van der Waals surface area contributed by atoms with E-state index in [-0.39, 0.29) is 0 Å². The summed E-state index contributed by atoms with van der Waals surface area (Å²) in [6.45, 7) is 0. The molecule has 0 N–H and O–H groups in total. The highest BCUT2D eigenvalue weighted by Gasteiger charge is 2.19. The molecule has 0 atom stereocenters. The molecule has 0 spiro atoms. The zero-order valence-electron chi connectivity index (χ0n) is 24.1. The monoisotopic (exact) mass is 563 g/mol. The second-order valence-corrected chi connectivity index (χ2v) is 11.0. The van der Waals surface area contributed by atoms with Gasteiger partial charge in [0.2, 0.25) is 0 Å². The highest BCUT2D eigenvalue weighted by molar-refractivity contribution is 6.06. The van der Waals surface area contributed by atoms with E-state index in [0.717, 1.165) is 39.0 Å². The lowest BCUT2D eigenvalue weighted by molar-refractivity contribution is 0.669. The summed E-state index contributed by atoms with van der Waals surface area (Å²) < 4.78 is 6.32. The number of nitrogens with zero attached hydrogens (tertiary/aromatic N) is 1. The Hall–Kier alpha value is -5.86. The SMILES string of the molecule is c1ccc(-c2ccc(-c3ccc(N(c4ccc5c(c4)oc4ccccc45)c4ccccc4-c4ccccc4)cc3)cc2)cc1. The van der Waals surface area contributed by atoms with Crippen LogP contribution in [-0.4, -0.2) is 0 Å². The Morgan fingerprint density at radius 1 is 0.341 bits per heavy atom. The largest absolute Gasteiger partial charge is 0.456 e. The van der Waals surface area contributed by atoms with Crippen LogP contribution in [0.15, 0.2) is 180 Å². The molecule has 0 amide bonds. The minimum absolute atomic E-state index is 0.876. The second-order valence-electron chi connectivity index (χ2n) is 11.0. The fraction of sp³-hybridized carbons (Fsp3) is 0. The van der Waals surface area contributed by atoms with Crippen molar-refractivity contribution in [2.24, 2.45) is 0 Å². The number of furan rings is 1. The van der Waals surface area contributed by atoms with Crippen LogP contribution in [0.4, 0.5) is 17.1 Å². The molecule has 0 aliphatic rings. The molecule has 8 aromatic rings. The number of para-hydroxylation sites is 2. The van der Waals surface area contributed by atoms with Gasteiger partial charge in [-0.15, -0.1) is 0 Å². The lowest BCUT2D eigenvalue weighted by atomic mass is 9.99. The first-order chi connectivity index (χ1) is 21.8. The Kier molecular flexibility index (Phi) is 6.51. The van der Waals surface area contributed by atoms with E-state index in [9.17, 15) is 0 Å². The van der Waals surface area contributed by atoms with Crippen LogP contribution >= 0.6 is 0 Å². The zero-order chi connectivity index (χ0) is 29.3. The quantitative estimate of drug-likeness (QED) is 0.200. The lowest BCUT2D eigenvalue weighted by Crippen LogP contribution is -2.11. The maximum Gasteiger partial charge on any atom is 0.137 e.